The van der Waals surface area contributed by atoms with Crippen LogP contribution in [0.5, 0.6) is 11.5 Å². The van der Waals surface area contributed by atoms with Crippen LogP contribution >= 0.6 is 23.7 Å². The Balaban J connectivity index is 1.73. The Morgan fingerprint density at radius 1 is 1.09 bits per heavy atom. The smallest absolute Gasteiger partial charge is 0.315 e. The van der Waals surface area contributed by atoms with Gasteiger partial charge in [-0.15, -0.1) is 11.8 Å². The van der Waals surface area contributed by atoms with E-state index in [1.54, 1.807) is 13.0 Å². The maximum Gasteiger partial charge on any atom is 0.315 e. The fraction of sp³-hybridized carbons (Fsp3) is 0.154. The Labute approximate surface area is 209 Å². The largest absolute Gasteiger partial charge is 0.465 e. The first kappa shape index (κ1) is 24.6. The predicted octanol–water partition coefficient (Wildman–Crippen LogP) is 6.94. The van der Waals surface area contributed by atoms with Crippen LogP contribution in [0.25, 0.3) is 10.9 Å². The molecule has 0 unspecified atom stereocenters. The lowest BCUT2D eigenvalue weighted by Gasteiger charge is -2.15. The molecule has 1 heterocycles. The number of benzene rings is 3. The molecular formula is C26H20F2N2O3S2. The topological polar surface area (TPSA) is 64.2 Å². The molecule has 0 aliphatic carbocycles. The van der Waals surface area contributed by atoms with Crippen molar-refractivity contribution in [1.29, 1.82) is 5.26 Å². The lowest BCUT2D eigenvalue weighted by molar-refractivity contribution is -0.139. The summed E-state index contributed by atoms with van der Waals surface area (Å²) in [6, 6.07) is 18.4. The third-order valence-electron chi connectivity index (χ3n) is 4.97. The molecule has 0 N–H and O–H groups in total. The van der Waals surface area contributed by atoms with Gasteiger partial charge in [-0.25, -0.2) is 8.78 Å². The highest BCUT2D eigenvalue weighted by atomic mass is 32.2. The molecule has 0 fully saturated rings. The summed E-state index contributed by atoms with van der Waals surface area (Å²) in [5, 5.41) is 9.88. The molecule has 0 aliphatic rings. The van der Waals surface area contributed by atoms with E-state index < -0.39 is 11.6 Å². The Morgan fingerprint density at radius 3 is 2.63 bits per heavy atom. The molecule has 3 aromatic carbocycles. The van der Waals surface area contributed by atoms with Crippen LogP contribution in [0, 0.1) is 23.0 Å². The van der Waals surface area contributed by atoms with Crippen LogP contribution in [0.1, 0.15) is 18.1 Å². The summed E-state index contributed by atoms with van der Waals surface area (Å²) in [6.07, 6.45) is 1.84. The summed E-state index contributed by atoms with van der Waals surface area (Å²) in [4.78, 5) is 12.8. The van der Waals surface area contributed by atoms with Gasteiger partial charge in [-0.3, -0.25) is 8.77 Å². The molecule has 0 aliphatic heterocycles. The van der Waals surface area contributed by atoms with Gasteiger partial charge in [0.25, 0.3) is 0 Å². The summed E-state index contributed by atoms with van der Waals surface area (Å²) in [7, 11) is 0. The second-order valence-corrected chi connectivity index (χ2v) is 9.33. The lowest BCUT2D eigenvalue weighted by Crippen LogP contribution is -2.07. The molecular weight excluding hydrogens is 490 g/mol. The van der Waals surface area contributed by atoms with Gasteiger partial charge in [0.05, 0.1) is 23.4 Å². The molecule has 0 amide bonds. The van der Waals surface area contributed by atoms with Crippen LogP contribution in [0.4, 0.5) is 8.78 Å². The molecule has 5 nitrogen and oxygen atoms in total. The second-order valence-electron chi connectivity index (χ2n) is 7.30. The minimum Gasteiger partial charge on any atom is -0.465 e. The highest BCUT2D eigenvalue weighted by molar-refractivity contribution is 7.99. The fourth-order valence-electron chi connectivity index (χ4n) is 3.41. The minimum absolute atomic E-state index is 0.0354. The van der Waals surface area contributed by atoms with Crippen molar-refractivity contribution in [2.45, 2.75) is 17.6 Å². The number of hydrogen-bond acceptors (Lipinski definition) is 6. The number of esters is 1. The van der Waals surface area contributed by atoms with Gasteiger partial charge >= 0.3 is 5.97 Å². The molecule has 0 spiro atoms. The Hall–Kier alpha value is -3.48. The summed E-state index contributed by atoms with van der Waals surface area (Å²) >= 11 is 2.72. The number of ether oxygens (including phenoxy) is 2. The molecule has 4 rings (SSSR count). The van der Waals surface area contributed by atoms with Crippen LogP contribution in [0.3, 0.4) is 0 Å². The standard InChI is InChI=1S/C26H20F2N2O3S2/c1-2-32-25(31)16-34-15-21-20-10-11-30(35-19-6-4-3-5-7-19)24(20)13-23(28)26(21)33-18-8-9-22(27)17(12-18)14-29/h3-13H,2,15-16H2,1H3. The zero-order valence-corrected chi connectivity index (χ0v) is 20.3. The van der Waals surface area contributed by atoms with E-state index in [9.17, 15) is 9.18 Å². The van der Waals surface area contributed by atoms with E-state index in [4.69, 9.17) is 14.7 Å². The quantitative estimate of drug-likeness (QED) is 0.227. The number of aromatic nitrogens is 1. The van der Waals surface area contributed by atoms with Gasteiger partial charge in [0, 0.05) is 39.9 Å². The zero-order chi connectivity index (χ0) is 24.8. The van der Waals surface area contributed by atoms with Crippen molar-refractivity contribution in [2.24, 2.45) is 0 Å². The van der Waals surface area contributed by atoms with Crippen molar-refractivity contribution in [3.8, 4) is 17.6 Å². The van der Waals surface area contributed by atoms with Crippen molar-refractivity contribution < 1.29 is 23.0 Å². The number of nitriles is 1. The molecule has 178 valence electrons. The molecule has 0 saturated heterocycles. The summed E-state index contributed by atoms with van der Waals surface area (Å²) in [5.74, 6) is -1.18. The fourth-order valence-corrected chi connectivity index (χ4v) is 5.13. The molecule has 0 atom stereocenters. The average Bonchev–Trinajstić information content (AvgIpc) is 3.24. The van der Waals surface area contributed by atoms with Gasteiger partial charge in [0.15, 0.2) is 11.6 Å². The Kier molecular flexibility index (Phi) is 7.95. The molecule has 0 saturated carbocycles. The Morgan fingerprint density at radius 2 is 1.89 bits per heavy atom. The first-order chi connectivity index (χ1) is 17.0. The van der Waals surface area contributed by atoms with Gasteiger partial charge in [-0.2, -0.15) is 5.26 Å². The second kappa shape index (κ2) is 11.3. The van der Waals surface area contributed by atoms with E-state index in [1.165, 1.54) is 41.9 Å². The number of nitrogens with zero attached hydrogens (tertiary/aromatic N) is 2. The van der Waals surface area contributed by atoms with Gasteiger partial charge in [0.2, 0.25) is 0 Å². The van der Waals surface area contributed by atoms with Crippen molar-refractivity contribution in [2.75, 3.05) is 12.4 Å². The number of carbonyl (C=O) groups excluding carboxylic acids is 1. The first-order valence-corrected chi connectivity index (χ1v) is 12.6. The highest BCUT2D eigenvalue weighted by Crippen LogP contribution is 2.39. The van der Waals surface area contributed by atoms with Crippen LogP contribution in [-0.4, -0.2) is 22.3 Å². The molecule has 0 radical (unpaired) electrons. The highest BCUT2D eigenvalue weighted by Gasteiger charge is 2.20. The van der Waals surface area contributed by atoms with Crippen molar-refractivity contribution in [3.63, 3.8) is 0 Å². The van der Waals surface area contributed by atoms with E-state index >= 15 is 4.39 Å². The number of fused-ring (bicyclic) bond motifs is 1. The number of carbonyl (C=O) groups is 1. The van der Waals surface area contributed by atoms with Gasteiger partial charge < -0.3 is 9.47 Å². The van der Waals surface area contributed by atoms with Crippen LogP contribution in [0.15, 0.2) is 71.8 Å². The molecule has 35 heavy (non-hydrogen) atoms. The van der Waals surface area contributed by atoms with E-state index in [0.29, 0.717) is 11.1 Å². The number of rotatable bonds is 9. The molecule has 1 aromatic heterocycles. The third kappa shape index (κ3) is 5.78. The van der Waals surface area contributed by atoms with Gasteiger partial charge in [-0.1, -0.05) is 18.2 Å². The van der Waals surface area contributed by atoms with Gasteiger partial charge in [-0.05, 0) is 49.2 Å². The van der Waals surface area contributed by atoms with E-state index in [-0.39, 0.29) is 41.1 Å². The first-order valence-electron chi connectivity index (χ1n) is 10.7. The molecule has 9 heteroatoms. The lowest BCUT2D eigenvalue weighted by atomic mass is 10.1. The maximum atomic E-state index is 15.4. The SMILES string of the molecule is CCOC(=O)CSCc1c(Oc2ccc(F)c(C#N)c2)c(F)cc2c1ccn2Sc1ccccc1. The van der Waals surface area contributed by atoms with Crippen LogP contribution in [0.2, 0.25) is 0 Å². The monoisotopic (exact) mass is 510 g/mol. The number of halogens is 2. The summed E-state index contributed by atoms with van der Waals surface area (Å²) < 4.78 is 41.9. The predicted molar refractivity (Wildman–Crippen MR) is 134 cm³/mol. The number of hydrogen-bond donors (Lipinski definition) is 0. The normalized spacial score (nSPS) is 10.8. The average molecular weight is 511 g/mol. The maximum absolute atomic E-state index is 15.4. The van der Waals surface area contributed by atoms with E-state index in [2.05, 4.69) is 0 Å². The van der Waals surface area contributed by atoms with Crippen molar-refractivity contribution in [1.82, 2.24) is 3.97 Å². The summed E-state index contributed by atoms with van der Waals surface area (Å²) in [5.41, 5.74) is 0.990. The minimum atomic E-state index is -0.684. The van der Waals surface area contributed by atoms with Crippen LogP contribution in [-0.2, 0) is 15.3 Å². The van der Waals surface area contributed by atoms with Gasteiger partial charge in [0.1, 0.15) is 17.6 Å². The Bertz CT molecular complexity index is 1400. The van der Waals surface area contributed by atoms with Crippen LogP contribution < -0.4 is 4.74 Å². The zero-order valence-electron chi connectivity index (χ0n) is 18.7. The van der Waals surface area contributed by atoms with E-state index in [0.717, 1.165) is 16.3 Å². The summed E-state index contributed by atoms with van der Waals surface area (Å²) in [6.45, 7) is 2.01. The van der Waals surface area contributed by atoms with Crippen molar-refractivity contribution >= 4 is 40.6 Å². The van der Waals surface area contributed by atoms with E-state index in [1.807, 2.05) is 46.6 Å². The van der Waals surface area contributed by atoms with Crippen molar-refractivity contribution in [3.05, 3.63) is 89.6 Å². The number of thioether (sulfide) groups is 1. The molecule has 0 bridgehead atoms. The molecule has 4 aromatic rings. The third-order valence-corrected chi connectivity index (χ3v) is 6.90.